The van der Waals surface area contributed by atoms with Crippen LogP contribution in [0.1, 0.15) is 23.6 Å². The molecule has 2 N–H and O–H groups in total. The van der Waals surface area contributed by atoms with Gasteiger partial charge in [0.15, 0.2) is 5.78 Å². The molecule has 0 bridgehead atoms. The van der Waals surface area contributed by atoms with Crippen molar-refractivity contribution in [2.24, 2.45) is 0 Å². The zero-order valence-corrected chi connectivity index (χ0v) is 25.6. The summed E-state index contributed by atoms with van der Waals surface area (Å²) in [7, 11) is 0. The molecule has 0 saturated carbocycles. The third kappa shape index (κ3) is 9.29. The number of hydrogen-bond acceptors (Lipinski definition) is 10. The van der Waals surface area contributed by atoms with E-state index in [1.54, 1.807) is 19.1 Å². The van der Waals surface area contributed by atoms with Gasteiger partial charge in [0.05, 0.1) is 29.5 Å². The van der Waals surface area contributed by atoms with E-state index in [1.807, 2.05) is 0 Å². The Morgan fingerprint density at radius 3 is 1.81 bits per heavy atom. The first-order chi connectivity index (χ1) is 22.9. The van der Waals surface area contributed by atoms with Crippen molar-refractivity contribution in [1.82, 2.24) is 10.2 Å². The summed E-state index contributed by atoms with van der Waals surface area (Å²) in [5.74, 6) is -2.43. The van der Waals surface area contributed by atoms with Crippen molar-refractivity contribution in [3.63, 3.8) is 0 Å². The number of rotatable bonds is 11. The lowest BCUT2D eigenvalue weighted by atomic mass is 9.94. The Bertz CT molecular complexity index is 1730. The van der Waals surface area contributed by atoms with Gasteiger partial charge in [0.25, 0.3) is 11.4 Å². The topological polar surface area (TPSA) is 199 Å². The first-order valence-corrected chi connectivity index (χ1v) is 14.6. The largest absolute Gasteiger partial charge is 0.508 e. The van der Waals surface area contributed by atoms with Crippen molar-refractivity contribution in [3.05, 3.63) is 133 Å². The van der Waals surface area contributed by atoms with Gasteiger partial charge in [-0.2, -0.15) is 0 Å². The van der Waals surface area contributed by atoms with Crippen LogP contribution >= 0.6 is 0 Å². The number of non-ortho nitro benzene ring substituents is 2. The van der Waals surface area contributed by atoms with Crippen molar-refractivity contribution in [1.29, 1.82) is 0 Å². The lowest BCUT2D eigenvalue weighted by molar-refractivity contribution is -0.385. The van der Waals surface area contributed by atoms with Gasteiger partial charge in [-0.1, -0.05) is 12.1 Å². The van der Waals surface area contributed by atoms with Crippen molar-refractivity contribution in [2.45, 2.75) is 19.4 Å². The van der Waals surface area contributed by atoms with Crippen LogP contribution in [-0.4, -0.2) is 69.2 Å². The Morgan fingerprint density at radius 2 is 1.35 bits per heavy atom. The molecule has 14 heteroatoms. The molecule has 1 fully saturated rings. The zero-order chi connectivity index (χ0) is 34.8. The summed E-state index contributed by atoms with van der Waals surface area (Å²) in [5, 5.41) is 34.2. The molecule has 1 heterocycles. The molecule has 1 atom stereocenters. The van der Waals surface area contributed by atoms with Gasteiger partial charge in [-0.15, -0.1) is 0 Å². The van der Waals surface area contributed by atoms with E-state index in [1.165, 1.54) is 77.7 Å². The third-order valence-corrected chi connectivity index (χ3v) is 7.15. The molecule has 3 aromatic carbocycles. The molecule has 1 aliphatic heterocycles. The van der Waals surface area contributed by atoms with Gasteiger partial charge in [-0.3, -0.25) is 34.6 Å². The number of carbonyl (C=O) groups is 4. The van der Waals surface area contributed by atoms with Gasteiger partial charge in [0.2, 0.25) is 11.8 Å². The molecule has 0 unspecified atom stereocenters. The maximum Gasteiger partial charge on any atom is 0.328 e. The van der Waals surface area contributed by atoms with Crippen LogP contribution < -0.4 is 5.32 Å². The molecular weight excluding hydrogens is 624 g/mol. The van der Waals surface area contributed by atoms with Gasteiger partial charge in [0, 0.05) is 54.0 Å². The van der Waals surface area contributed by atoms with Crippen LogP contribution in [-0.2, 0) is 30.3 Å². The predicted octanol–water partition coefficient (Wildman–Crippen LogP) is 3.93. The second-order valence-electron chi connectivity index (χ2n) is 10.6. The van der Waals surface area contributed by atoms with Crippen LogP contribution in [0.4, 0.5) is 11.4 Å². The molecule has 3 aromatic rings. The van der Waals surface area contributed by atoms with Crippen LogP contribution in [0, 0.1) is 20.2 Å². The summed E-state index contributed by atoms with van der Waals surface area (Å²) in [4.78, 5) is 74.5. The Hall–Kier alpha value is -6.44. The molecule has 0 aromatic heterocycles. The summed E-state index contributed by atoms with van der Waals surface area (Å²) >= 11 is 0. The second-order valence-corrected chi connectivity index (χ2v) is 10.6. The maximum atomic E-state index is 13.5. The number of phenolic OH excluding ortho intramolecular Hbond substituents is 1. The smallest absolute Gasteiger partial charge is 0.328 e. The molecule has 0 radical (unpaired) electrons. The van der Waals surface area contributed by atoms with Gasteiger partial charge >= 0.3 is 5.97 Å². The fourth-order valence-corrected chi connectivity index (χ4v) is 4.76. The van der Waals surface area contributed by atoms with Gasteiger partial charge in [-0.25, -0.2) is 4.79 Å². The first-order valence-electron chi connectivity index (χ1n) is 14.6. The van der Waals surface area contributed by atoms with Crippen molar-refractivity contribution < 1.29 is 38.9 Å². The van der Waals surface area contributed by atoms with E-state index < -0.39 is 39.5 Å². The highest BCUT2D eigenvalue weighted by molar-refractivity contribution is 6.15. The van der Waals surface area contributed by atoms with Crippen molar-refractivity contribution in [3.8, 4) is 5.75 Å². The van der Waals surface area contributed by atoms with Crippen LogP contribution in [0.25, 0.3) is 12.2 Å². The molecule has 48 heavy (non-hydrogen) atoms. The summed E-state index contributed by atoms with van der Waals surface area (Å²) in [5.41, 5.74) is 1.68. The predicted molar refractivity (Wildman–Crippen MR) is 173 cm³/mol. The summed E-state index contributed by atoms with van der Waals surface area (Å²) < 4.78 is 5.08. The van der Waals surface area contributed by atoms with E-state index in [0.29, 0.717) is 16.7 Å². The minimum atomic E-state index is -1.08. The zero-order valence-electron chi connectivity index (χ0n) is 25.6. The van der Waals surface area contributed by atoms with Crippen LogP contribution in [0.15, 0.2) is 96.1 Å². The van der Waals surface area contributed by atoms with E-state index in [4.69, 9.17) is 4.74 Å². The number of amides is 2. The van der Waals surface area contributed by atoms with Crippen molar-refractivity contribution in [2.75, 3.05) is 19.7 Å². The summed E-state index contributed by atoms with van der Waals surface area (Å²) in [6.07, 6.45) is 5.02. The van der Waals surface area contributed by atoms with Gasteiger partial charge < -0.3 is 20.1 Å². The standard InChI is InChI=1S/C34H30N4O10/c1-2-48-34(43)30(19-24-7-13-29(39)14-8-24)35-31(40)15-16-32(41)36-20-25(17-22-3-9-27(10-4-22)37(44)45)33(42)26(21-36)18-23-5-11-28(12-6-23)38(46)47/h3-18,30,39H,2,19-21H2,1H3,(H,35,40)/b16-15-,25-17+,26-18+/t30-/m0/s1. The SMILES string of the molecule is CCOC(=O)[C@H](Cc1ccc(O)cc1)NC(=O)/C=C\C(=O)N1C/C(=C\c2ccc([N+](=O)[O-])cc2)C(=O)/C(=C/c2ccc([N+](=O)[O-])cc2)C1. The van der Waals surface area contributed by atoms with E-state index in [0.717, 1.165) is 12.2 Å². The van der Waals surface area contributed by atoms with E-state index >= 15 is 0 Å². The fraction of sp³-hybridized carbons (Fsp3) is 0.176. The number of benzene rings is 3. The lowest BCUT2D eigenvalue weighted by Crippen LogP contribution is -2.43. The number of carbonyl (C=O) groups excluding carboxylic acids is 4. The molecular formula is C34H30N4O10. The second kappa shape index (κ2) is 15.7. The van der Waals surface area contributed by atoms with Crippen molar-refractivity contribution >= 4 is 47.1 Å². The maximum absolute atomic E-state index is 13.5. The number of ether oxygens (including phenoxy) is 1. The quantitative estimate of drug-likeness (QED) is 0.132. The van der Waals surface area contributed by atoms with E-state index in [-0.39, 0.29) is 54.4 Å². The average molecular weight is 655 g/mol. The number of phenols is 1. The Labute approximate surface area is 273 Å². The Morgan fingerprint density at radius 1 is 0.854 bits per heavy atom. The first kappa shape index (κ1) is 34.4. The Balaban J connectivity index is 1.56. The molecule has 0 spiro atoms. The van der Waals surface area contributed by atoms with Crippen LogP contribution in [0.3, 0.4) is 0 Å². The molecule has 246 valence electrons. The number of Topliss-reactive ketones (excluding diaryl/α,β-unsaturated/α-hetero) is 1. The summed E-state index contributed by atoms with van der Waals surface area (Å²) in [6, 6.07) is 15.9. The lowest BCUT2D eigenvalue weighted by Gasteiger charge is -2.29. The number of nitro groups is 2. The highest BCUT2D eigenvalue weighted by atomic mass is 16.6. The van der Waals surface area contributed by atoms with Crippen LogP contribution in [0.5, 0.6) is 5.75 Å². The van der Waals surface area contributed by atoms with E-state index in [9.17, 15) is 44.5 Å². The van der Waals surface area contributed by atoms with E-state index in [2.05, 4.69) is 5.32 Å². The number of ketones is 1. The normalized spacial score (nSPS) is 15.4. The third-order valence-electron chi connectivity index (χ3n) is 7.15. The number of nitrogens with one attached hydrogen (secondary N) is 1. The van der Waals surface area contributed by atoms with Crippen LogP contribution in [0.2, 0.25) is 0 Å². The number of aromatic hydroxyl groups is 1. The highest BCUT2D eigenvalue weighted by Crippen LogP contribution is 2.24. The van der Waals surface area contributed by atoms with Gasteiger partial charge in [0.1, 0.15) is 11.8 Å². The number of piperidine rings is 1. The molecule has 1 saturated heterocycles. The minimum Gasteiger partial charge on any atom is -0.508 e. The number of nitro benzene ring substituents is 2. The monoisotopic (exact) mass is 654 g/mol. The molecule has 2 amide bonds. The number of hydrogen-bond donors (Lipinski definition) is 2. The Kier molecular flexibility index (Phi) is 11.3. The fourth-order valence-electron chi connectivity index (χ4n) is 4.76. The molecule has 4 rings (SSSR count). The van der Waals surface area contributed by atoms with Gasteiger partial charge in [-0.05, 0) is 72.2 Å². The molecule has 0 aliphatic carbocycles. The number of likely N-dealkylation sites (tertiary alicyclic amines) is 1. The molecule has 1 aliphatic rings. The molecule has 14 nitrogen and oxygen atoms in total. The summed E-state index contributed by atoms with van der Waals surface area (Å²) in [6.45, 7) is 1.40. The average Bonchev–Trinajstić information content (AvgIpc) is 3.06. The number of esters is 1. The minimum absolute atomic E-state index is 0.0350. The highest BCUT2D eigenvalue weighted by Gasteiger charge is 2.29. The number of nitrogens with zero attached hydrogens (tertiary/aromatic N) is 3.